The van der Waals surface area contributed by atoms with E-state index in [0.29, 0.717) is 6.61 Å². The number of carbonyl (C=O) groups is 1. The molecule has 1 aliphatic rings. The molecule has 1 rings (SSSR count). The Balaban J connectivity index is 3.95. The van der Waals surface area contributed by atoms with Gasteiger partial charge in [0.2, 0.25) is 0 Å². The lowest BCUT2D eigenvalue weighted by molar-refractivity contribution is -0.195. The van der Waals surface area contributed by atoms with Gasteiger partial charge in [-0.25, -0.2) is 0 Å². The van der Waals surface area contributed by atoms with Gasteiger partial charge in [0.1, 0.15) is 42.9 Å². The van der Waals surface area contributed by atoms with Gasteiger partial charge in [0.25, 0.3) is 0 Å². The first-order valence-electron chi connectivity index (χ1n) is 20.3. The Kier molecular flexibility index (Phi) is 19.9. The molecule has 1 fully saturated rings. The van der Waals surface area contributed by atoms with E-state index in [1.807, 2.05) is 0 Å². The quantitative estimate of drug-likeness (QED) is 0.0646. The second kappa shape index (κ2) is 20.3. The summed E-state index contributed by atoms with van der Waals surface area (Å²) in [6, 6.07) is 0. The summed E-state index contributed by atoms with van der Waals surface area (Å²) in [4.78, 5) is 13.0. The van der Waals surface area contributed by atoms with Crippen molar-refractivity contribution in [2.24, 2.45) is 0 Å². The molecule has 9 atom stereocenters. The summed E-state index contributed by atoms with van der Waals surface area (Å²) in [5.41, 5.74) is 0. The second-order valence-electron chi connectivity index (χ2n) is 22.9. The molecule has 0 aromatic rings. The third kappa shape index (κ3) is 23.6. The van der Waals surface area contributed by atoms with Crippen LogP contribution >= 0.6 is 0 Å². The van der Waals surface area contributed by atoms with Crippen molar-refractivity contribution in [3.8, 4) is 0 Å². The average Bonchev–Trinajstić information content (AvgIpc) is 3.20. The van der Waals surface area contributed by atoms with Gasteiger partial charge in [0.15, 0.2) is 72.8 Å². The molecule has 0 aromatic carbocycles. The van der Waals surface area contributed by atoms with Gasteiger partial charge in [-0.15, -0.1) is 0 Å². The van der Waals surface area contributed by atoms with E-state index in [9.17, 15) is 4.79 Å². The van der Waals surface area contributed by atoms with Gasteiger partial charge in [0.05, 0.1) is 25.4 Å². The van der Waals surface area contributed by atoms with Gasteiger partial charge in [-0.05, 0) is 157 Å². The summed E-state index contributed by atoms with van der Waals surface area (Å²) in [5, 5.41) is 0. The maximum atomic E-state index is 13.0. The number of ether oxygens (including phenoxy) is 2. The highest BCUT2D eigenvalue weighted by molar-refractivity contribution is 6.72. The van der Waals surface area contributed by atoms with E-state index < -0.39 is 116 Å². The Morgan fingerprint density at radius 3 is 1.27 bits per heavy atom. The summed E-state index contributed by atoms with van der Waals surface area (Å²) in [7, 11) is -17.2. The zero-order valence-electron chi connectivity index (χ0n) is 39.7. The largest absolute Gasteiger partial charge is 0.415 e. The van der Waals surface area contributed by atoms with E-state index in [0.717, 1.165) is 6.29 Å². The highest BCUT2D eigenvalue weighted by atomic mass is 28.4. The van der Waals surface area contributed by atoms with Gasteiger partial charge in [-0.3, -0.25) is 0 Å². The predicted molar refractivity (Wildman–Crippen MR) is 248 cm³/mol. The predicted octanol–water partition coefficient (Wildman–Crippen LogP) is 9.32. The molecule has 0 bridgehead atoms. The molecule has 55 heavy (non-hydrogen) atoms. The summed E-state index contributed by atoms with van der Waals surface area (Å²) in [6.07, 6.45) is -4.48. The molecule has 0 aliphatic carbocycles. The normalized spacial score (nSPS) is 24.1. The molecule has 328 valence electrons. The fourth-order valence-corrected chi connectivity index (χ4v) is 14.3. The summed E-state index contributed by atoms with van der Waals surface area (Å²) >= 11 is 0. The molecule has 0 N–H and O–H groups in total. The lowest BCUT2D eigenvalue weighted by Crippen LogP contribution is -2.59. The van der Waals surface area contributed by atoms with Crippen LogP contribution in [-0.4, -0.2) is 141 Å². The lowest BCUT2D eigenvalue weighted by Gasteiger charge is -2.44. The first-order valence-corrected chi connectivity index (χ1v) is 47.6. The maximum Gasteiger partial charge on any atom is 0.185 e. The van der Waals surface area contributed by atoms with Crippen LogP contribution in [0.4, 0.5) is 0 Å². The Hall–Kier alpha value is 1.01. The van der Waals surface area contributed by atoms with Crippen LogP contribution in [0.5, 0.6) is 0 Å². The van der Waals surface area contributed by atoms with E-state index >= 15 is 0 Å². The number of carbonyl (C=O) groups excluding carboxylic acids is 1. The second-order valence-corrected chi connectivity index (χ2v) is 58.6. The molecule has 0 unspecified atom stereocenters. The molecule has 1 saturated heterocycles. The van der Waals surface area contributed by atoms with E-state index in [2.05, 4.69) is 157 Å². The highest BCUT2D eigenvalue weighted by Crippen LogP contribution is 2.36. The van der Waals surface area contributed by atoms with Gasteiger partial charge < -0.3 is 49.7 Å². The Morgan fingerprint density at radius 1 is 0.473 bits per heavy atom. The highest BCUT2D eigenvalue weighted by Gasteiger charge is 2.54. The molecule has 0 saturated carbocycles. The molecule has 0 radical (unpaired) electrons. The van der Waals surface area contributed by atoms with Gasteiger partial charge in [-0.2, -0.15) is 0 Å². The molecule has 1 aliphatic heterocycles. The molecule has 19 heteroatoms. The van der Waals surface area contributed by atoms with E-state index in [1.165, 1.54) is 0 Å². The van der Waals surface area contributed by atoms with Crippen LogP contribution in [0.3, 0.4) is 0 Å². The van der Waals surface area contributed by atoms with Gasteiger partial charge >= 0.3 is 0 Å². The van der Waals surface area contributed by atoms with Crippen LogP contribution in [0.2, 0.25) is 157 Å². The third-order valence-electron chi connectivity index (χ3n) is 7.29. The monoisotopic (exact) mass is 918 g/mol. The first-order chi connectivity index (χ1) is 24.2. The Morgan fingerprint density at radius 2 is 0.891 bits per heavy atom. The van der Waals surface area contributed by atoms with Crippen LogP contribution in [0.1, 0.15) is 0 Å². The number of hydrogen-bond acceptors (Lipinski definition) is 11. The zero-order valence-corrected chi connectivity index (χ0v) is 47.7. The summed E-state index contributed by atoms with van der Waals surface area (Å²) < 4.78 is 69.0. The molecule has 0 amide bonds. The van der Waals surface area contributed by atoms with Crippen molar-refractivity contribution >= 4 is 72.8 Å². The van der Waals surface area contributed by atoms with Gasteiger partial charge in [0, 0.05) is 0 Å². The fraction of sp³-hybridized carbons (Fsp3) is 0.972. The minimum Gasteiger partial charge on any atom is -0.415 e. The van der Waals surface area contributed by atoms with Crippen molar-refractivity contribution in [3.63, 3.8) is 0 Å². The smallest absolute Gasteiger partial charge is 0.185 e. The standard InChI is InChI=1S/C36H86O11Si8/c1-48(2,3)39-27-30(43-51(10,11)12)31-34(46-54(19,20)21)35(47-55(22,23)24)36(40-31)38-26-29(42-50(7,8)9)33(45-53(16,17)18)32(44-52(13,14)15)28(25-37)41-49(4,5)6/h25,28-36H,26-27H2,1-24H3/t28-,29+,30+,31-,32+,33-,34-,35+,36+/m0/s1. The van der Waals surface area contributed by atoms with Crippen LogP contribution < -0.4 is 0 Å². The Labute approximate surface area is 346 Å². The zero-order chi connectivity index (χ0) is 43.4. The van der Waals surface area contributed by atoms with Crippen LogP contribution in [0, 0.1) is 0 Å². The Bertz CT molecular complexity index is 1160. The number of hydrogen-bond donors (Lipinski definition) is 0. The molecule has 1 heterocycles. The molecular formula is C36H86O11Si8. The van der Waals surface area contributed by atoms with Crippen molar-refractivity contribution in [1.29, 1.82) is 0 Å². The summed E-state index contributed by atoms with van der Waals surface area (Å²) in [6.45, 7) is 52.3. The van der Waals surface area contributed by atoms with Crippen LogP contribution in [0.25, 0.3) is 0 Å². The molecule has 11 nitrogen and oxygen atoms in total. The van der Waals surface area contributed by atoms with Crippen LogP contribution in [-0.2, 0) is 49.7 Å². The number of aldehydes is 1. The molecule has 0 spiro atoms. The van der Waals surface area contributed by atoms with Crippen molar-refractivity contribution in [1.82, 2.24) is 0 Å². The van der Waals surface area contributed by atoms with E-state index in [4.69, 9.17) is 44.9 Å². The maximum absolute atomic E-state index is 13.0. The minimum atomic E-state index is -2.26. The van der Waals surface area contributed by atoms with Crippen LogP contribution in [0.15, 0.2) is 0 Å². The fourth-order valence-electron chi connectivity index (χ4n) is 6.05. The van der Waals surface area contributed by atoms with Crippen molar-refractivity contribution in [3.05, 3.63) is 0 Å². The third-order valence-corrected chi connectivity index (χ3v) is 15.2. The first kappa shape index (κ1) is 54.0. The SMILES string of the molecule is C[Si](C)(C)OC[C@@H](O[Si](C)(C)C)[C@@H]1O[C@@H](OC[C@@H](O[Si](C)(C)C)[C@H](O[Si](C)(C)C)[C@H](O[Si](C)(C)C)[C@H](C=O)O[Si](C)(C)C)[C@H](O[Si](C)(C)C)[C@H]1O[Si](C)(C)C. The van der Waals surface area contributed by atoms with Crippen molar-refractivity contribution in [2.45, 2.75) is 212 Å². The molecular weight excluding hydrogens is 833 g/mol. The van der Waals surface area contributed by atoms with Crippen molar-refractivity contribution < 1.29 is 49.7 Å². The molecule has 0 aromatic heterocycles. The average molecular weight is 920 g/mol. The lowest BCUT2D eigenvalue weighted by atomic mass is 10.0. The van der Waals surface area contributed by atoms with E-state index in [-0.39, 0.29) is 12.7 Å². The van der Waals surface area contributed by atoms with Gasteiger partial charge in [-0.1, -0.05) is 0 Å². The number of rotatable bonds is 25. The topological polar surface area (TPSA) is 109 Å². The summed E-state index contributed by atoms with van der Waals surface area (Å²) in [5.74, 6) is 0. The van der Waals surface area contributed by atoms with Crippen molar-refractivity contribution in [2.75, 3.05) is 13.2 Å². The van der Waals surface area contributed by atoms with E-state index in [1.54, 1.807) is 0 Å². The minimum absolute atomic E-state index is 0.122.